The fraction of sp³-hybridized carbons (Fsp3) is 0. The topological polar surface area (TPSA) is 37.3 Å². The van der Waals surface area contributed by atoms with Gasteiger partial charge >= 0.3 is 24.8 Å². The van der Waals surface area contributed by atoms with Crippen molar-refractivity contribution in [1.29, 1.82) is 0 Å². The van der Waals surface area contributed by atoms with E-state index >= 15 is 0 Å². The summed E-state index contributed by atoms with van der Waals surface area (Å²) >= 11 is 4.33. The summed E-state index contributed by atoms with van der Waals surface area (Å²) in [6.07, 6.45) is 0. The van der Waals surface area contributed by atoms with Gasteiger partial charge in [0.15, 0.2) is 0 Å². The molecule has 0 unspecified atom stereocenters. The molecule has 20 heavy (non-hydrogen) atoms. The molecule has 2 nitrogen and oxygen atoms in total. The second-order valence-corrected chi connectivity index (χ2v) is 6.70. The molecule has 0 aliphatic heterocycles. The minimum atomic E-state index is -0.875. The van der Waals surface area contributed by atoms with Crippen molar-refractivity contribution in [3.8, 4) is 0 Å². The molecule has 0 amide bonds. The molecule has 5 heteroatoms. The Balaban J connectivity index is 0.00000147. The van der Waals surface area contributed by atoms with Gasteiger partial charge in [0.25, 0.3) is 0 Å². The monoisotopic (exact) mass is 482 g/mol. The molecule has 0 saturated heterocycles. The van der Waals surface area contributed by atoms with Crippen LogP contribution < -0.4 is 0 Å². The third kappa shape index (κ3) is 2.84. The standard InChI is InChI=1S/C15H8I2O2.Li.H/c16-11-3-1-8-5-9-2-4-13(17)14(15(18)19)12(9)7-10(8)6-11;;/h1-7H,(H,18,19);;. The molecule has 0 heterocycles. The summed E-state index contributed by atoms with van der Waals surface area (Å²) in [6, 6.07) is 14.0. The average molecular weight is 482 g/mol. The summed E-state index contributed by atoms with van der Waals surface area (Å²) < 4.78 is 1.91. The summed E-state index contributed by atoms with van der Waals surface area (Å²) in [6.45, 7) is 0. The van der Waals surface area contributed by atoms with Gasteiger partial charge in [0.05, 0.1) is 5.56 Å². The van der Waals surface area contributed by atoms with Gasteiger partial charge in [-0.25, -0.2) is 4.79 Å². The van der Waals surface area contributed by atoms with Crippen LogP contribution in [0.4, 0.5) is 0 Å². The van der Waals surface area contributed by atoms with Crippen molar-refractivity contribution < 1.29 is 9.90 Å². The van der Waals surface area contributed by atoms with Crippen LogP contribution in [0.5, 0.6) is 0 Å². The zero-order valence-corrected chi connectivity index (χ0v) is 14.0. The van der Waals surface area contributed by atoms with Crippen LogP contribution in [0.1, 0.15) is 10.4 Å². The van der Waals surface area contributed by atoms with Gasteiger partial charge in [-0.1, -0.05) is 12.1 Å². The molecule has 0 aliphatic rings. The Morgan fingerprint density at radius 1 is 0.900 bits per heavy atom. The molecule has 0 fully saturated rings. The Kier molecular flexibility index (Phi) is 5.00. The fourth-order valence-electron chi connectivity index (χ4n) is 2.23. The molecule has 3 aromatic rings. The van der Waals surface area contributed by atoms with Crippen LogP contribution in [-0.4, -0.2) is 29.9 Å². The van der Waals surface area contributed by atoms with E-state index in [1.807, 2.05) is 24.3 Å². The summed E-state index contributed by atoms with van der Waals surface area (Å²) in [5, 5.41) is 13.4. The average Bonchev–Trinajstić information content (AvgIpc) is 2.35. The van der Waals surface area contributed by atoms with Crippen LogP contribution in [0.15, 0.2) is 42.5 Å². The summed E-state index contributed by atoms with van der Waals surface area (Å²) in [5.74, 6) is -0.875. The Morgan fingerprint density at radius 3 is 2.30 bits per heavy atom. The predicted molar refractivity (Wildman–Crippen MR) is 101 cm³/mol. The maximum atomic E-state index is 11.4. The molecule has 0 bridgehead atoms. The summed E-state index contributed by atoms with van der Waals surface area (Å²) in [5.41, 5.74) is 0.388. The number of benzene rings is 3. The van der Waals surface area contributed by atoms with Crippen molar-refractivity contribution in [3.63, 3.8) is 0 Å². The van der Waals surface area contributed by atoms with E-state index < -0.39 is 5.97 Å². The second-order valence-electron chi connectivity index (χ2n) is 4.29. The van der Waals surface area contributed by atoms with E-state index in [1.54, 1.807) is 0 Å². The van der Waals surface area contributed by atoms with Crippen LogP contribution in [0.25, 0.3) is 21.5 Å². The molecule has 0 atom stereocenters. The van der Waals surface area contributed by atoms with Gasteiger partial charge in [0.2, 0.25) is 0 Å². The minimum absolute atomic E-state index is 0. The SMILES string of the molecule is O=C(O)c1c(I)ccc2cc3ccc(I)cc3cc12.[LiH]. The van der Waals surface area contributed by atoms with Gasteiger partial charge in [-0.2, -0.15) is 0 Å². The third-order valence-corrected chi connectivity index (χ3v) is 4.67. The van der Waals surface area contributed by atoms with Crippen molar-refractivity contribution in [3.05, 3.63) is 55.2 Å². The van der Waals surface area contributed by atoms with E-state index in [0.29, 0.717) is 5.56 Å². The molecule has 0 aromatic heterocycles. The molecular formula is C15H9I2LiO2. The number of hydrogen-bond acceptors (Lipinski definition) is 1. The number of carboxylic acids is 1. The van der Waals surface area contributed by atoms with Crippen molar-refractivity contribution >= 4 is 91.6 Å². The molecule has 0 saturated carbocycles. The molecule has 0 spiro atoms. The van der Waals surface area contributed by atoms with Gasteiger partial charge in [-0.15, -0.1) is 0 Å². The molecule has 96 valence electrons. The van der Waals surface area contributed by atoms with E-state index in [-0.39, 0.29) is 18.9 Å². The quantitative estimate of drug-likeness (QED) is 0.320. The molecular weight excluding hydrogens is 473 g/mol. The summed E-state index contributed by atoms with van der Waals surface area (Å²) in [4.78, 5) is 11.4. The fourth-order valence-corrected chi connectivity index (χ4v) is 3.45. The number of aromatic carboxylic acids is 1. The van der Waals surface area contributed by atoms with Gasteiger partial charge in [0, 0.05) is 7.14 Å². The van der Waals surface area contributed by atoms with E-state index in [1.165, 1.54) is 0 Å². The number of fused-ring (bicyclic) bond motifs is 2. The Bertz CT molecular complexity index is 831. The van der Waals surface area contributed by atoms with Crippen LogP contribution in [0, 0.1) is 7.14 Å². The number of halogens is 2. The number of hydrogen-bond donors (Lipinski definition) is 1. The molecule has 0 aliphatic carbocycles. The van der Waals surface area contributed by atoms with Gasteiger partial charge in [-0.3, -0.25) is 0 Å². The molecule has 0 radical (unpaired) electrons. The van der Waals surface area contributed by atoms with E-state index in [0.717, 1.165) is 28.7 Å². The van der Waals surface area contributed by atoms with Crippen molar-refractivity contribution in [2.75, 3.05) is 0 Å². The molecule has 3 aromatic carbocycles. The van der Waals surface area contributed by atoms with Gasteiger partial charge in [0.1, 0.15) is 0 Å². The number of carboxylic acid groups (broad SMARTS) is 1. The van der Waals surface area contributed by atoms with Crippen molar-refractivity contribution in [2.45, 2.75) is 0 Å². The zero-order chi connectivity index (χ0) is 13.6. The normalized spacial score (nSPS) is 10.5. The number of carbonyl (C=O) groups is 1. The van der Waals surface area contributed by atoms with Crippen LogP contribution in [0.2, 0.25) is 0 Å². The van der Waals surface area contributed by atoms with Crippen LogP contribution >= 0.6 is 45.2 Å². The van der Waals surface area contributed by atoms with Gasteiger partial charge < -0.3 is 5.11 Å². The number of rotatable bonds is 1. The first-order valence-corrected chi connectivity index (χ1v) is 7.77. The van der Waals surface area contributed by atoms with Crippen LogP contribution in [-0.2, 0) is 0 Å². The van der Waals surface area contributed by atoms with E-state index in [9.17, 15) is 9.90 Å². The molecule has 1 N–H and O–H groups in total. The Morgan fingerprint density at radius 2 is 1.60 bits per heavy atom. The van der Waals surface area contributed by atoms with Crippen molar-refractivity contribution in [1.82, 2.24) is 0 Å². The summed E-state index contributed by atoms with van der Waals surface area (Å²) in [7, 11) is 0. The molecule has 3 rings (SSSR count). The van der Waals surface area contributed by atoms with E-state index in [4.69, 9.17) is 0 Å². The van der Waals surface area contributed by atoms with Crippen LogP contribution in [0.3, 0.4) is 0 Å². The van der Waals surface area contributed by atoms with E-state index in [2.05, 4.69) is 63.4 Å². The Labute approximate surface area is 155 Å². The predicted octanol–water partition coefficient (Wildman–Crippen LogP) is 4.25. The zero-order valence-electron chi connectivity index (χ0n) is 9.65. The third-order valence-electron chi connectivity index (χ3n) is 3.10. The first kappa shape index (κ1) is 16.1. The van der Waals surface area contributed by atoms with Gasteiger partial charge in [-0.05, 0) is 97.1 Å². The maximum absolute atomic E-state index is 11.4. The Hall–Kier alpha value is -0.293. The van der Waals surface area contributed by atoms with Crippen molar-refractivity contribution in [2.24, 2.45) is 0 Å². The first-order chi connectivity index (χ1) is 9.06. The first-order valence-electron chi connectivity index (χ1n) is 5.61. The second kappa shape index (κ2) is 6.22.